The molecule has 0 saturated carbocycles. The lowest BCUT2D eigenvalue weighted by Crippen LogP contribution is -2.32. The Hall–Kier alpha value is -2.76. The number of nitrogens with two attached hydrogens (primary N) is 1. The van der Waals surface area contributed by atoms with Gasteiger partial charge in [0.25, 0.3) is 0 Å². The highest BCUT2D eigenvalue weighted by molar-refractivity contribution is 5.77. The second kappa shape index (κ2) is 10.3. The Labute approximate surface area is 155 Å². The minimum Gasteiger partial charge on any atom is -0.494 e. The molecule has 0 aliphatic carbocycles. The molecule has 1 aromatic heterocycles. The molecule has 0 saturated heterocycles. The van der Waals surface area contributed by atoms with Crippen molar-refractivity contribution in [2.75, 3.05) is 13.2 Å². The van der Waals surface area contributed by atoms with Crippen LogP contribution in [0.25, 0.3) is 0 Å². The minimum atomic E-state index is 0.455. The molecule has 2 aromatic rings. The standard InChI is InChI=1S/C20H28N4O2/c1-4-25-17-5-7-18(8-6-17)26-19-13-16(10-12-22-19)14-24-20(21)23-11-9-15(2)3/h5-8,10,12-13,15H,4,9,11,14H2,1-3H3,(H3,21,23,24). The number of pyridine rings is 1. The fourth-order valence-corrected chi connectivity index (χ4v) is 2.22. The Morgan fingerprint density at radius 2 is 1.92 bits per heavy atom. The number of nitrogens with one attached hydrogen (secondary N) is 1. The highest BCUT2D eigenvalue weighted by atomic mass is 16.5. The number of aliphatic imine (C=N–C) groups is 1. The second-order valence-corrected chi connectivity index (χ2v) is 6.32. The summed E-state index contributed by atoms with van der Waals surface area (Å²) >= 11 is 0. The Balaban J connectivity index is 1.90. The van der Waals surface area contributed by atoms with Crippen molar-refractivity contribution in [1.82, 2.24) is 10.3 Å². The van der Waals surface area contributed by atoms with Crippen LogP contribution in [0.1, 0.15) is 32.8 Å². The summed E-state index contributed by atoms with van der Waals surface area (Å²) in [5.41, 5.74) is 6.87. The second-order valence-electron chi connectivity index (χ2n) is 6.32. The van der Waals surface area contributed by atoms with Crippen LogP contribution in [-0.4, -0.2) is 24.1 Å². The molecule has 0 unspecified atom stereocenters. The average Bonchev–Trinajstić information content (AvgIpc) is 2.62. The van der Waals surface area contributed by atoms with E-state index in [1.165, 1.54) is 0 Å². The van der Waals surface area contributed by atoms with Gasteiger partial charge in [-0.05, 0) is 55.2 Å². The molecule has 0 bridgehead atoms. The van der Waals surface area contributed by atoms with Crippen LogP contribution in [0.15, 0.2) is 47.6 Å². The third-order valence-corrected chi connectivity index (χ3v) is 3.62. The first kappa shape index (κ1) is 19.6. The molecule has 0 atom stereocenters. The molecule has 2 rings (SSSR count). The number of hydrogen-bond donors (Lipinski definition) is 2. The van der Waals surface area contributed by atoms with Crippen molar-refractivity contribution in [3.05, 3.63) is 48.2 Å². The summed E-state index contributed by atoms with van der Waals surface area (Å²) < 4.78 is 11.2. The molecule has 1 aromatic carbocycles. The summed E-state index contributed by atoms with van der Waals surface area (Å²) in [6, 6.07) is 11.2. The molecule has 0 amide bonds. The van der Waals surface area contributed by atoms with E-state index in [-0.39, 0.29) is 0 Å². The third-order valence-electron chi connectivity index (χ3n) is 3.62. The van der Waals surface area contributed by atoms with Crippen LogP contribution in [0, 0.1) is 5.92 Å². The van der Waals surface area contributed by atoms with E-state index in [0.717, 1.165) is 24.3 Å². The van der Waals surface area contributed by atoms with Crippen LogP contribution in [0.2, 0.25) is 0 Å². The van der Waals surface area contributed by atoms with Gasteiger partial charge in [0.05, 0.1) is 13.2 Å². The number of guanidine groups is 1. The molecule has 6 heteroatoms. The van der Waals surface area contributed by atoms with Gasteiger partial charge >= 0.3 is 0 Å². The first-order valence-electron chi connectivity index (χ1n) is 8.96. The van der Waals surface area contributed by atoms with Crippen LogP contribution in [-0.2, 0) is 6.54 Å². The SMILES string of the molecule is CCOc1ccc(Oc2cc(CN=C(N)NCCC(C)C)ccn2)cc1. The maximum atomic E-state index is 5.89. The first-order valence-corrected chi connectivity index (χ1v) is 8.96. The van der Waals surface area contributed by atoms with Crippen molar-refractivity contribution >= 4 is 5.96 Å². The van der Waals surface area contributed by atoms with Crippen LogP contribution >= 0.6 is 0 Å². The van der Waals surface area contributed by atoms with Gasteiger partial charge in [0.15, 0.2) is 5.96 Å². The van der Waals surface area contributed by atoms with Gasteiger partial charge in [-0.15, -0.1) is 0 Å². The van der Waals surface area contributed by atoms with Gasteiger partial charge in [-0.1, -0.05) is 13.8 Å². The molecule has 0 aliphatic heterocycles. The monoisotopic (exact) mass is 356 g/mol. The van der Waals surface area contributed by atoms with Gasteiger partial charge in [0.1, 0.15) is 11.5 Å². The number of nitrogens with zero attached hydrogens (tertiary/aromatic N) is 2. The molecular formula is C20H28N4O2. The van der Waals surface area contributed by atoms with Crippen LogP contribution in [0.4, 0.5) is 0 Å². The van der Waals surface area contributed by atoms with E-state index in [9.17, 15) is 0 Å². The predicted molar refractivity (Wildman–Crippen MR) is 105 cm³/mol. The smallest absolute Gasteiger partial charge is 0.219 e. The van der Waals surface area contributed by atoms with Crippen molar-refractivity contribution in [2.24, 2.45) is 16.6 Å². The maximum absolute atomic E-state index is 5.89. The first-order chi connectivity index (χ1) is 12.6. The van der Waals surface area contributed by atoms with Gasteiger partial charge in [0.2, 0.25) is 5.88 Å². The van der Waals surface area contributed by atoms with Crippen molar-refractivity contribution in [1.29, 1.82) is 0 Å². The number of ether oxygens (including phenoxy) is 2. The summed E-state index contributed by atoms with van der Waals surface area (Å²) in [5, 5.41) is 3.12. The van der Waals surface area contributed by atoms with Crippen LogP contribution in [0.3, 0.4) is 0 Å². The van der Waals surface area contributed by atoms with Gasteiger partial charge < -0.3 is 20.5 Å². The highest BCUT2D eigenvalue weighted by Crippen LogP contribution is 2.23. The molecule has 0 fully saturated rings. The van der Waals surface area contributed by atoms with E-state index >= 15 is 0 Å². The van der Waals surface area contributed by atoms with Crippen molar-refractivity contribution < 1.29 is 9.47 Å². The van der Waals surface area contributed by atoms with E-state index in [4.69, 9.17) is 15.2 Å². The van der Waals surface area contributed by atoms with E-state index < -0.39 is 0 Å². The van der Waals surface area contributed by atoms with E-state index in [1.54, 1.807) is 6.20 Å². The minimum absolute atomic E-state index is 0.455. The Morgan fingerprint density at radius 3 is 2.62 bits per heavy atom. The number of rotatable bonds is 9. The molecular weight excluding hydrogens is 328 g/mol. The summed E-state index contributed by atoms with van der Waals surface area (Å²) in [6.45, 7) is 8.25. The fourth-order valence-electron chi connectivity index (χ4n) is 2.22. The molecule has 0 spiro atoms. The summed E-state index contributed by atoms with van der Waals surface area (Å²) in [4.78, 5) is 8.60. The number of aromatic nitrogens is 1. The highest BCUT2D eigenvalue weighted by Gasteiger charge is 2.02. The van der Waals surface area contributed by atoms with Crippen molar-refractivity contribution in [3.63, 3.8) is 0 Å². The van der Waals surface area contributed by atoms with Gasteiger partial charge in [-0.3, -0.25) is 0 Å². The fraction of sp³-hybridized carbons (Fsp3) is 0.400. The molecule has 140 valence electrons. The Kier molecular flexibility index (Phi) is 7.74. The van der Waals surface area contributed by atoms with Crippen molar-refractivity contribution in [3.8, 4) is 17.4 Å². The number of hydrogen-bond acceptors (Lipinski definition) is 4. The third kappa shape index (κ3) is 7.01. The lowest BCUT2D eigenvalue weighted by molar-refractivity contribution is 0.339. The lowest BCUT2D eigenvalue weighted by atomic mass is 10.1. The molecule has 3 N–H and O–H groups in total. The molecule has 1 heterocycles. The topological polar surface area (TPSA) is 81.8 Å². The molecule has 26 heavy (non-hydrogen) atoms. The van der Waals surface area contributed by atoms with E-state index in [2.05, 4.69) is 29.1 Å². The zero-order valence-electron chi connectivity index (χ0n) is 15.7. The Bertz CT molecular complexity index is 699. The van der Waals surface area contributed by atoms with E-state index in [1.807, 2.05) is 43.3 Å². The quantitative estimate of drug-likeness (QED) is 0.528. The van der Waals surface area contributed by atoms with Gasteiger partial charge in [0, 0.05) is 18.8 Å². The summed E-state index contributed by atoms with van der Waals surface area (Å²) in [5.74, 6) is 3.13. The number of benzene rings is 1. The zero-order valence-corrected chi connectivity index (χ0v) is 15.7. The van der Waals surface area contributed by atoms with Crippen LogP contribution < -0.4 is 20.5 Å². The Morgan fingerprint density at radius 1 is 1.19 bits per heavy atom. The normalized spacial score (nSPS) is 11.5. The molecule has 0 radical (unpaired) electrons. The van der Waals surface area contributed by atoms with E-state index in [0.29, 0.717) is 36.7 Å². The zero-order chi connectivity index (χ0) is 18.8. The van der Waals surface area contributed by atoms with Gasteiger partial charge in [-0.2, -0.15) is 0 Å². The largest absolute Gasteiger partial charge is 0.494 e. The predicted octanol–water partition coefficient (Wildman–Crippen LogP) is 3.72. The average molecular weight is 356 g/mol. The lowest BCUT2D eigenvalue weighted by Gasteiger charge is -2.08. The molecule has 0 aliphatic rings. The van der Waals surface area contributed by atoms with Crippen LogP contribution in [0.5, 0.6) is 17.4 Å². The van der Waals surface area contributed by atoms with Crippen molar-refractivity contribution in [2.45, 2.75) is 33.7 Å². The summed E-state index contributed by atoms with van der Waals surface area (Å²) in [7, 11) is 0. The molecule has 6 nitrogen and oxygen atoms in total. The van der Waals surface area contributed by atoms with Gasteiger partial charge in [-0.25, -0.2) is 9.98 Å². The maximum Gasteiger partial charge on any atom is 0.219 e. The summed E-state index contributed by atoms with van der Waals surface area (Å²) in [6.07, 6.45) is 2.77.